The van der Waals surface area contributed by atoms with Crippen LogP contribution in [0.5, 0.6) is 5.75 Å². The van der Waals surface area contributed by atoms with Crippen LogP contribution in [0.1, 0.15) is 26.0 Å². The Morgan fingerprint density at radius 3 is 2.86 bits per heavy atom. The summed E-state index contributed by atoms with van der Waals surface area (Å²) in [5.74, 6) is 0.874. The molecular formula is C10H19N3O. The van der Waals surface area contributed by atoms with Crippen molar-refractivity contribution < 1.29 is 4.74 Å². The van der Waals surface area contributed by atoms with Gasteiger partial charge in [0.25, 0.3) is 0 Å². The zero-order valence-electron chi connectivity index (χ0n) is 9.21. The standard InChI is InChI=1S/C10H19N3O/c1-4-6-13-9(7-11-5-2)10(14-3)8-12-13/h8,11H,4-7H2,1-3H3. The highest BCUT2D eigenvalue weighted by molar-refractivity contribution is 5.24. The molecule has 0 fully saturated rings. The van der Waals surface area contributed by atoms with Gasteiger partial charge < -0.3 is 10.1 Å². The van der Waals surface area contributed by atoms with E-state index in [2.05, 4.69) is 24.3 Å². The van der Waals surface area contributed by atoms with Crippen molar-refractivity contribution >= 4 is 0 Å². The molecule has 0 amide bonds. The van der Waals surface area contributed by atoms with Gasteiger partial charge in [-0.2, -0.15) is 5.10 Å². The lowest BCUT2D eigenvalue weighted by atomic mass is 10.3. The number of methoxy groups -OCH3 is 1. The van der Waals surface area contributed by atoms with Crippen LogP contribution in [0.4, 0.5) is 0 Å². The van der Waals surface area contributed by atoms with Crippen LogP contribution in [0.15, 0.2) is 6.20 Å². The third-order valence-corrected chi connectivity index (χ3v) is 2.11. The Kier molecular flexibility index (Phi) is 4.46. The van der Waals surface area contributed by atoms with Gasteiger partial charge in [0.1, 0.15) is 0 Å². The highest BCUT2D eigenvalue weighted by Crippen LogP contribution is 2.17. The summed E-state index contributed by atoms with van der Waals surface area (Å²) in [7, 11) is 1.68. The van der Waals surface area contributed by atoms with E-state index in [0.29, 0.717) is 0 Å². The monoisotopic (exact) mass is 197 g/mol. The van der Waals surface area contributed by atoms with E-state index in [1.165, 1.54) is 0 Å². The van der Waals surface area contributed by atoms with Crippen molar-refractivity contribution in [3.05, 3.63) is 11.9 Å². The summed E-state index contributed by atoms with van der Waals surface area (Å²) in [6, 6.07) is 0. The molecule has 0 spiro atoms. The lowest BCUT2D eigenvalue weighted by Crippen LogP contribution is -2.16. The van der Waals surface area contributed by atoms with Crippen molar-refractivity contribution in [2.75, 3.05) is 13.7 Å². The van der Waals surface area contributed by atoms with E-state index in [9.17, 15) is 0 Å². The fraction of sp³-hybridized carbons (Fsp3) is 0.700. The molecule has 1 rings (SSSR count). The molecule has 0 aliphatic rings. The van der Waals surface area contributed by atoms with Crippen LogP contribution in [0, 0.1) is 0 Å². The van der Waals surface area contributed by atoms with Crippen LogP contribution in [-0.4, -0.2) is 23.4 Å². The quantitative estimate of drug-likeness (QED) is 0.749. The molecule has 0 aliphatic heterocycles. The maximum atomic E-state index is 5.25. The molecule has 0 saturated heterocycles. The lowest BCUT2D eigenvalue weighted by molar-refractivity contribution is 0.404. The maximum absolute atomic E-state index is 5.25. The Morgan fingerprint density at radius 2 is 2.29 bits per heavy atom. The first-order chi connectivity index (χ1) is 6.83. The predicted molar refractivity (Wildman–Crippen MR) is 56.5 cm³/mol. The second-order valence-electron chi connectivity index (χ2n) is 3.16. The van der Waals surface area contributed by atoms with E-state index in [4.69, 9.17) is 4.74 Å². The first-order valence-electron chi connectivity index (χ1n) is 5.12. The first-order valence-corrected chi connectivity index (χ1v) is 5.12. The number of hydrogen-bond donors (Lipinski definition) is 1. The summed E-state index contributed by atoms with van der Waals surface area (Å²) in [5, 5.41) is 7.56. The van der Waals surface area contributed by atoms with E-state index in [1.54, 1.807) is 13.3 Å². The van der Waals surface area contributed by atoms with Crippen molar-refractivity contribution in [1.82, 2.24) is 15.1 Å². The van der Waals surface area contributed by atoms with Crippen LogP contribution in [0.3, 0.4) is 0 Å². The van der Waals surface area contributed by atoms with Gasteiger partial charge in [-0.1, -0.05) is 13.8 Å². The molecule has 0 aliphatic carbocycles. The van der Waals surface area contributed by atoms with Crippen LogP contribution in [0.25, 0.3) is 0 Å². The normalized spacial score (nSPS) is 10.5. The second kappa shape index (κ2) is 5.65. The van der Waals surface area contributed by atoms with Gasteiger partial charge in [-0.3, -0.25) is 4.68 Å². The van der Waals surface area contributed by atoms with Crippen LogP contribution < -0.4 is 10.1 Å². The van der Waals surface area contributed by atoms with Crippen LogP contribution >= 0.6 is 0 Å². The second-order valence-corrected chi connectivity index (χ2v) is 3.16. The summed E-state index contributed by atoms with van der Waals surface area (Å²) < 4.78 is 7.25. The van der Waals surface area contributed by atoms with Gasteiger partial charge >= 0.3 is 0 Å². The zero-order chi connectivity index (χ0) is 10.4. The van der Waals surface area contributed by atoms with Crippen LogP contribution in [0.2, 0.25) is 0 Å². The highest BCUT2D eigenvalue weighted by Gasteiger charge is 2.09. The van der Waals surface area contributed by atoms with Gasteiger partial charge in [-0.05, 0) is 13.0 Å². The van der Waals surface area contributed by atoms with E-state index >= 15 is 0 Å². The number of hydrogen-bond acceptors (Lipinski definition) is 3. The fourth-order valence-corrected chi connectivity index (χ4v) is 1.39. The molecule has 1 aromatic rings. The number of aryl methyl sites for hydroxylation is 1. The molecule has 0 unspecified atom stereocenters. The number of rotatable bonds is 6. The van der Waals surface area contributed by atoms with Gasteiger partial charge in [-0.15, -0.1) is 0 Å². The first kappa shape index (κ1) is 11.0. The minimum Gasteiger partial charge on any atom is -0.493 e. The summed E-state index contributed by atoms with van der Waals surface area (Å²) in [6.45, 7) is 6.96. The minimum absolute atomic E-state index is 0.819. The van der Waals surface area contributed by atoms with E-state index < -0.39 is 0 Å². The number of nitrogens with one attached hydrogen (secondary N) is 1. The van der Waals surface area contributed by atoms with Gasteiger partial charge in [0.15, 0.2) is 5.75 Å². The molecule has 0 aromatic carbocycles. The van der Waals surface area contributed by atoms with Crippen molar-refractivity contribution in [3.63, 3.8) is 0 Å². The molecule has 0 atom stereocenters. The molecular weight excluding hydrogens is 178 g/mol. The molecule has 1 N–H and O–H groups in total. The molecule has 1 heterocycles. The summed E-state index contributed by atoms with van der Waals surface area (Å²) >= 11 is 0. The van der Waals surface area contributed by atoms with Crippen molar-refractivity contribution in [2.45, 2.75) is 33.4 Å². The van der Waals surface area contributed by atoms with E-state index in [0.717, 1.165) is 37.5 Å². The summed E-state index contributed by atoms with van der Waals surface area (Å²) in [4.78, 5) is 0. The average molecular weight is 197 g/mol. The maximum Gasteiger partial charge on any atom is 0.161 e. The SMILES string of the molecule is CCCn1ncc(OC)c1CNCC. The van der Waals surface area contributed by atoms with Crippen molar-refractivity contribution in [2.24, 2.45) is 0 Å². The van der Waals surface area contributed by atoms with Crippen molar-refractivity contribution in [3.8, 4) is 5.75 Å². The van der Waals surface area contributed by atoms with Gasteiger partial charge in [0.2, 0.25) is 0 Å². The molecule has 0 saturated carbocycles. The molecule has 4 nitrogen and oxygen atoms in total. The average Bonchev–Trinajstić information content (AvgIpc) is 2.58. The zero-order valence-corrected chi connectivity index (χ0v) is 9.21. The molecule has 80 valence electrons. The van der Waals surface area contributed by atoms with E-state index in [-0.39, 0.29) is 0 Å². The smallest absolute Gasteiger partial charge is 0.161 e. The molecule has 14 heavy (non-hydrogen) atoms. The molecule has 0 radical (unpaired) electrons. The molecule has 1 aromatic heterocycles. The third kappa shape index (κ3) is 2.48. The van der Waals surface area contributed by atoms with Crippen molar-refractivity contribution in [1.29, 1.82) is 0 Å². The lowest BCUT2D eigenvalue weighted by Gasteiger charge is -2.08. The third-order valence-electron chi connectivity index (χ3n) is 2.11. The largest absolute Gasteiger partial charge is 0.493 e. The Balaban J connectivity index is 2.76. The Hall–Kier alpha value is -1.03. The Bertz CT molecular complexity index is 270. The van der Waals surface area contributed by atoms with E-state index in [1.807, 2.05) is 4.68 Å². The van der Waals surface area contributed by atoms with Gasteiger partial charge in [0, 0.05) is 13.1 Å². The number of ether oxygens (including phenoxy) is 1. The molecule has 0 bridgehead atoms. The predicted octanol–water partition coefficient (Wildman–Crippen LogP) is 1.41. The summed E-state index contributed by atoms with van der Waals surface area (Å²) in [5.41, 5.74) is 1.14. The minimum atomic E-state index is 0.819. The van der Waals surface area contributed by atoms with Gasteiger partial charge in [-0.25, -0.2) is 0 Å². The number of nitrogens with zero attached hydrogens (tertiary/aromatic N) is 2. The Morgan fingerprint density at radius 1 is 1.50 bits per heavy atom. The highest BCUT2D eigenvalue weighted by atomic mass is 16.5. The van der Waals surface area contributed by atoms with Crippen LogP contribution in [-0.2, 0) is 13.1 Å². The number of aromatic nitrogens is 2. The van der Waals surface area contributed by atoms with Gasteiger partial charge in [0.05, 0.1) is 19.0 Å². The fourth-order valence-electron chi connectivity index (χ4n) is 1.39. The molecule has 4 heteroatoms. The topological polar surface area (TPSA) is 39.1 Å². The summed E-state index contributed by atoms with van der Waals surface area (Å²) in [6.07, 6.45) is 2.87. The Labute approximate surface area is 85.3 Å².